The van der Waals surface area contributed by atoms with E-state index >= 15 is 0 Å². The molecule has 0 spiro atoms. The van der Waals surface area contributed by atoms with Crippen molar-refractivity contribution in [3.8, 4) is 5.75 Å². The van der Waals surface area contributed by atoms with Crippen LogP contribution in [0, 0.1) is 5.92 Å². The van der Waals surface area contributed by atoms with Crippen molar-refractivity contribution < 1.29 is 9.47 Å². The maximum Gasteiger partial charge on any atom is 0.125 e. The molecule has 0 aliphatic carbocycles. The van der Waals surface area contributed by atoms with Crippen LogP contribution in [0.4, 0.5) is 0 Å². The number of methoxy groups -OCH3 is 1. The van der Waals surface area contributed by atoms with Crippen LogP contribution in [0.1, 0.15) is 31.4 Å². The molecule has 1 aromatic rings. The van der Waals surface area contributed by atoms with Crippen LogP contribution in [0.3, 0.4) is 0 Å². The molecular formula is C17H26ClNO2. The molecule has 1 N–H and O–H groups in total. The van der Waals surface area contributed by atoms with Crippen molar-refractivity contribution >= 4 is 11.6 Å². The summed E-state index contributed by atoms with van der Waals surface area (Å²) in [6, 6.07) is 4.51. The average molecular weight is 312 g/mol. The van der Waals surface area contributed by atoms with Gasteiger partial charge in [0.2, 0.25) is 0 Å². The number of halogens is 1. The number of likely N-dealkylation sites (N-methyl/N-ethyl adjacent to an activating group) is 1. The summed E-state index contributed by atoms with van der Waals surface area (Å²) in [5.41, 5.74) is 2.48. The molecule has 0 aromatic heterocycles. The molecule has 1 aliphatic heterocycles. The topological polar surface area (TPSA) is 30.5 Å². The minimum absolute atomic E-state index is 0.423. The molecule has 0 radical (unpaired) electrons. The van der Waals surface area contributed by atoms with E-state index in [1.165, 1.54) is 11.1 Å². The third-order valence-electron chi connectivity index (χ3n) is 3.92. The summed E-state index contributed by atoms with van der Waals surface area (Å²) in [7, 11) is 1.76. The molecule has 4 heteroatoms. The Hall–Kier alpha value is -0.770. The average Bonchev–Trinajstić information content (AvgIpc) is 2.87. The summed E-state index contributed by atoms with van der Waals surface area (Å²) < 4.78 is 11.1. The fraction of sp³-hybridized carbons (Fsp3) is 0.647. The van der Waals surface area contributed by atoms with Gasteiger partial charge in [0.05, 0.1) is 6.61 Å². The molecule has 3 nitrogen and oxygen atoms in total. The second kappa shape index (κ2) is 8.02. The standard InChI is InChI=1S/C17H26ClNO2/c1-4-19-16(7-12(2)11-20-3)10-14-9-15(18)8-13-5-6-21-17(13)14/h8-9,12,16,19H,4-7,10-11H2,1-3H3. The predicted molar refractivity (Wildman–Crippen MR) is 87.5 cm³/mol. The van der Waals surface area contributed by atoms with Crippen LogP contribution >= 0.6 is 11.6 Å². The Bertz CT molecular complexity index is 464. The molecule has 2 atom stereocenters. The first kappa shape index (κ1) is 16.6. The Kier molecular flexibility index (Phi) is 6.34. The first-order chi connectivity index (χ1) is 10.1. The van der Waals surface area contributed by atoms with E-state index in [0.717, 1.165) is 49.8 Å². The van der Waals surface area contributed by atoms with Gasteiger partial charge in [-0.05, 0) is 48.6 Å². The zero-order valence-electron chi connectivity index (χ0n) is 13.2. The fourth-order valence-corrected chi connectivity index (χ4v) is 3.39. The zero-order chi connectivity index (χ0) is 15.2. The third-order valence-corrected chi connectivity index (χ3v) is 4.14. The minimum Gasteiger partial charge on any atom is -0.493 e. The van der Waals surface area contributed by atoms with E-state index in [0.29, 0.717) is 12.0 Å². The minimum atomic E-state index is 0.423. The quantitative estimate of drug-likeness (QED) is 0.797. The maximum absolute atomic E-state index is 6.25. The highest BCUT2D eigenvalue weighted by Crippen LogP contribution is 2.34. The lowest BCUT2D eigenvalue weighted by molar-refractivity contribution is 0.149. The van der Waals surface area contributed by atoms with Crippen LogP contribution < -0.4 is 10.1 Å². The molecule has 2 unspecified atom stereocenters. The van der Waals surface area contributed by atoms with E-state index in [4.69, 9.17) is 21.1 Å². The molecule has 0 fully saturated rings. The molecule has 0 saturated carbocycles. The van der Waals surface area contributed by atoms with Crippen molar-refractivity contribution in [1.29, 1.82) is 0 Å². The van der Waals surface area contributed by atoms with Gasteiger partial charge in [0.25, 0.3) is 0 Å². The summed E-state index contributed by atoms with van der Waals surface area (Å²) in [6.07, 6.45) is 3.00. The Morgan fingerprint density at radius 2 is 2.24 bits per heavy atom. The van der Waals surface area contributed by atoms with Crippen LogP contribution in [0.2, 0.25) is 5.02 Å². The largest absolute Gasteiger partial charge is 0.493 e. The second-order valence-electron chi connectivity index (χ2n) is 5.91. The van der Waals surface area contributed by atoms with Crippen molar-refractivity contribution in [3.05, 3.63) is 28.3 Å². The van der Waals surface area contributed by atoms with E-state index in [1.807, 2.05) is 6.07 Å². The normalized spacial score (nSPS) is 16.4. The van der Waals surface area contributed by atoms with Crippen LogP contribution in [-0.4, -0.2) is 32.9 Å². The number of rotatable bonds is 8. The summed E-state index contributed by atoms with van der Waals surface area (Å²) >= 11 is 6.25. The van der Waals surface area contributed by atoms with Gasteiger partial charge in [-0.3, -0.25) is 0 Å². The van der Waals surface area contributed by atoms with Gasteiger partial charge in [-0.2, -0.15) is 0 Å². The molecule has 1 aliphatic rings. The number of nitrogens with one attached hydrogen (secondary N) is 1. The number of benzene rings is 1. The SMILES string of the molecule is CCNC(Cc1cc(Cl)cc2c1OCC2)CC(C)COC. The number of hydrogen-bond donors (Lipinski definition) is 1. The first-order valence-electron chi connectivity index (χ1n) is 7.80. The van der Waals surface area contributed by atoms with E-state index in [2.05, 4.69) is 25.2 Å². The second-order valence-corrected chi connectivity index (χ2v) is 6.34. The number of fused-ring (bicyclic) bond motifs is 1. The smallest absolute Gasteiger partial charge is 0.125 e. The molecule has 1 aromatic carbocycles. The van der Waals surface area contributed by atoms with Crippen LogP contribution in [0.15, 0.2) is 12.1 Å². The van der Waals surface area contributed by atoms with Crippen molar-refractivity contribution in [1.82, 2.24) is 5.32 Å². The highest BCUT2D eigenvalue weighted by atomic mass is 35.5. The van der Waals surface area contributed by atoms with Crippen LogP contribution in [-0.2, 0) is 17.6 Å². The Balaban J connectivity index is 2.09. The molecule has 0 saturated heterocycles. The zero-order valence-corrected chi connectivity index (χ0v) is 14.0. The molecular weight excluding hydrogens is 286 g/mol. The van der Waals surface area contributed by atoms with E-state index in [-0.39, 0.29) is 0 Å². The molecule has 118 valence electrons. The Labute approximate surface area is 133 Å². The Morgan fingerprint density at radius 1 is 1.43 bits per heavy atom. The molecule has 0 amide bonds. The van der Waals surface area contributed by atoms with Crippen LogP contribution in [0.5, 0.6) is 5.75 Å². The van der Waals surface area contributed by atoms with E-state index in [1.54, 1.807) is 7.11 Å². The third kappa shape index (κ3) is 4.60. The summed E-state index contributed by atoms with van der Waals surface area (Å²) in [4.78, 5) is 0. The monoisotopic (exact) mass is 311 g/mol. The van der Waals surface area contributed by atoms with Gasteiger partial charge in [0.1, 0.15) is 5.75 Å². The lowest BCUT2D eigenvalue weighted by Crippen LogP contribution is -2.33. The lowest BCUT2D eigenvalue weighted by Gasteiger charge is -2.22. The summed E-state index contributed by atoms with van der Waals surface area (Å²) in [6.45, 7) is 6.91. The van der Waals surface area contributed by atoms with Crippen molar-refractivity contribution in [2.24, 2.45) is 5.92 Å². The Morgan fingerprint density at radius 3 is 2.95 bits per heavy atom. The van der Waals surface area contributed by atoms with Crippen molar-refractivity contribution in [3.63, 3.8) is 0 Å². The molecule has 21 heavy (non-hydrogen) atoms. The summed E-state index contributed by atoms with van der Waals surface area (Å²) in [5.74, 6) is 1.59. The lowest BCUT2D eigenvalue weighted by atomic mass is 9.95. The first-order valence-corrected chi connectivity index (χ1v) is 8.18. The van der Waals surface area contributed by atoms with Gasteiger partial charge in [-0.25, -0.2) is 0 Å². The predicted octanol–water partition coefficient (Wildman–Crippen LogP) is 3.47. The molecule has 0 bridgehead atoms. The molecule has 1 heterocycles. The summed E-state index contributed by atoms with van der Waals surface area (Å²) in [5, 5.41) is 4.39. The fourth-order valence-electron chi connectivity index (χ4n) is 3.13. The number of ether oxygens (including phenoxy) is 2. The van der Waals surface area contributed by atoms with Gasteiger partial charge < -0.3 is 14.8 Å². The van der Waals surface area contributed by atoms with Crippen LogP contribution in [0.25, 0.3) is 0 Å². The van der Waals surface area contributed by atoms with E-state index in [9.17, 15) is 0 Å². The van der Waals surface area contributed by atoms with Crippen molar-refractivity contribution in [2.75, 3.05) is 26.9 Å². The van der Waals surface area contributed by atoms with Gasteiger partial charge in [-0.1, -0.05) is 25.4 Å². The van der Waals surface area contributed by atoms with Gasteiger partial charge in [-0.15, -0.1) is 0 Å². The highest BCUT2D eigenvalue weighted by Gasteiger charge is 2.21. The van der Waals surface area contributed by atoms with Gasteiger partial charge >= 0.3 is 0 Å². The van der Waals surface area contributed by atoms with Gasteiger partial charge in [0.15, 0.2) is 0 Å². The molecule has 2 rings (SSSR count). The van der Waals surface area contributed by atoms with Crippen molar-refractivity contribution in [2.45, 2.75) is 39.2 Å². The maximum atomic E-state index is 6.25. The number of hydrogen-bond acceptors (Lipinski definition) is 3. The highest BCUT2D eigenvalue weighted by molar-refractivity contribution is 6.30. The van der Waals surface area contributed by atoms with E-state index < -0.39 is 0 Å². The van der Waals surface area contributed by atoms with Gasteiger partial charge in [0, 0.05) is 31.2 Å².